The molecule has 142 valence electrons. The standard InChI is InChI=1S/C21H22ClNO4/c1-3-11-27-19-10-9-16(12-17(19)22)13-18(21(25)26-2)23-20(24)14-15-7-5-4-6-8-15/h3-10,12,18H,1,11,13-14H2,2H3,(H,23,24)/t18-/m0/s1. The molecule has 0 heterocycles. The lowest BCUT2D eigenvalue weighted by Gasteiger charge is -2.17. The van der Waals surface area contributed by atoms with Crippen LogP contribution in [0.4, 0.5) is 0 Å². The van der Waals surface area contributed by atoms with E-state index >= 15 is 0 Å². The largest absolute Gasteiger partial charge is 0.488 e. The molecule has 1 amide bonds. The lowest BCUT2D eigenvalue weighted by atomic mass is 10.0. The molecule has 0 aromatic heterocycles. The summed E-state index contributed by atoms with van der Waals surface area (Å²) >= 11 is 6.21. The van der Waals surface area contributed by atoms with Crippen molar-refractivity contribution in [1.29, 1.82) is 0 Å². The van der Waals surface area contributed by atoms with Crippen molar-refractivity contribution in [3.05, 3.63) is 77.3 Å². The molecule has 2 aromatic rings. The van der Waals surface area contributed by atoms with Gasteiger partial charge in [-0.25, -0.2) is 4.79 Å². The molecule has 0 aliphatic heterocycles. The summed E-state index contributed by atoms with van der Waals surface area (Å²) in [6.45, 7) is 3.94. The summed E-state index contributed by atoms with van der Waals surface area (Å²) in [5.41, 5.74) is 1.65. The van der Waals surface area contributed by atoms with Gasteiger partial charge in [-0.15, -0.1) is 0 Å². The molecule has 0 aliphatic rings. The number of ether oxygens (including phenoxy) is 2. The van der Waals surface area contributed by atoms with Crippen LogP contribution in [-0.4, -0.2) is 31.6 Å². The molecule has 6 heteroatoms. The maximum Gasteiger partial charge on any atom is 0.328 e. The summed E-state index contributed by atoms with van der Waals surface area (Å²) in [6, 6.07) is 13.7. The van der Waals surface area contributed by atoms with Gasteiger partial charge in [0.05, 0.1) is 18.6 Å². The second-order valence-electron chi connectivity index (χ2n) is 5.87. The van der Waals surface area contributed by atoms with Crippen molar-refractivity contribution in [2.75, 3.05) is 13.7 Å². The van der Waals surface area contributed by atoms with Gasteiger partial charge in [-0.05, 0) is 23.3 Å². The highest BCUT2D eigenvalue weighted by Gasteiger charge is 2.22. The quantitative estimate of drug-likeness (QED) is 0.529. The molecule has 0 radical (unpaired) electrons. The second kappa shape index (κ2) is 10.4. The van der Waals surface area contributed by atoms with Gasteiger partial charge >= 0.3 is 5.97 Å². The third kappa shape index (κ3) is 6.46. The maximum atomic E-state index is 12.3. The average Bonchev–Trinajstić information content (AvgIpc) is 2.67. The van der Waals surface area contributed by atoms with Crippen LogP contribution < -0.4 is 10.1 Å². The lowest BCUT2D eigenvalue weighted by molar-refractivity contribution is -0.145. The Bertz CT molecular complexity index is 792. The van der Waals surface area contributed by atoms with Gasteiger partial charge in [0.1, 0.15) is 18.4 Å². The first kappa shape index (κ1) is 20.5. The van der Waals surface area contributed by atoms with E-state index in [9.17, 15) is 9.59 Å². The molecule has 2 rings (SSSR count). The van der Waals surface area contributed by atoms with Crippen molar-refractivity contribution in [1.82, 2.24) is 5.32 Å². The maximum absolute atomic E-state index is 12.3. The number of carbonyl (C=O) groups is 2. The van der Waals surface area contributed by atoms with Gasteiger partial charge in [0.25, 0.3) is 0 Å². The van der Waals surface area contributed by atoms with E-state index in [4.69, 9.17) is 21.1 Å². The molecule has 0 saturated carbocycles. The number of esters is 1. The number of halogens is 1. The van der Waals surface area contributed by atoms with Crippen molar-refractivity contribution >= 4 is 23.5 Å². The van der Waals surface area contributed by atoms with Crippen LogP contribution in [0.2, 0.25) is 5.02 Å². The van der Waals surface area contributed by atoms with Gasteiger partial charge in [-0.2, -0.15) is 0 Å². The van der Waals surface area contributed by atoms with Crippen LogP contribution in [0.15, 0.2) is 61.2 Å². The van der Waals surface area contributed by atoms with E-state index < -0.39 is 12.0 Å². The molecular formula is C21H22ClNO4. The fourth-order valence-electron chi connectivity index (χ4n) is 2.53. The highest BCUT2D eigenvalue weighted by molar-refractivity contribution is 6.32. The topological polar surface area (TPSA) is 64.6 Å². The van der Waals surface area contributed by atoms with Gasteiger partial charge < -0.3 is 14.8 Å². The third-order valence-corrected chi connectivity index (χ3v) is 4.12. The van der Waals surface area contributed by atoms with Crippen molar-refractivity contribution in [2.45, 2.75) is 18.9 Å². The van der Waals surface area contributed by atoms with Crippen LogP contribution in [0.25, 0.3) is 0 Å². The van der Waals surface area contributed by atoms with Gasteiger partial charge in [0.2, 0.25) is 5.91 Å². The summed E-state index contributed by atoms with van der Waals surface area (Å²) in [7, 11) is 1.29. The zero-order valence-corrected chi connectivity index (χ0v) is 15.9. The first-order chi connectivity index (χ1) is 13.0. The van der Waals surface area contributed by atoms with Crippen molar-refractivity contribution in [3.8, 4) is 5.75 Å². The fraction of sp³-hybridized carbons (Fsp3) is 0.238. The summed E-state index contributed by atoms with van der Waals surface area (Å²) in [5.74, 6) is -0.240. The first-order valence-corrected chi connectivity index (χ1v) is 8.84. The SMILES string of the molecule is C=CCOc1ccc(C[C@H](NC(=O)Cc2ccccc2)C(=O)OC)cc1Cl. The molecule has 0 fully saturated rings. The number of benzene rings is 2. The van der Waals surface area contributed by atoms with E-state index in [1.165, 1.54) is 7.11 Å². The Balaban J connectivity index is 2.05. The minimum absolute atomic E-state index is 0.184. The van der Waals surface area contributed by atoms with Crippen molar-refractivity contribution in [3.63, 3.8) is 0 Å². The van der Waals surface area contributed by atoms with E-state index in [1.807, 2.05) is 30.3 Å². The summed E-state index contributed by atoms with van der Waals surface area (Å²) < 4.78 is 10.3. The van der Waals surface area contributed by atoms with Crippen LogP contribution >= 0.6 is 11.6 Å². The number of carbonyl (C=O) groups excluding carboxylic acids is 2. The van der Waals surface area contributed by atoms with Gasteiger partial charge in [-0.3, -0.25) is 4.79 Å². The third-order valence-electron chi connectivity index (χ3n) is 3.82. The van der Waals surface area contributed by atoms with Crippen LogP contribution in [0, 0.1) is 0 Å². The van der Waals surface area contributed by atoms with Crippen molar-refractivity contribution < 1.29 is 19.1 Å². The van der Waals surface area contributed by atoms with Crippen LogP contribution in [-0.2, 0) is 27.2 Å². The summed E-state index contributed by atoms with van der Waals surface area (Å²) in [6.07, 6.45) is 2.07. The van der Waals surface area contributed by atoms with E-state index in [0.717, 1.165) is 11.1 Å². The van der Waals surface area contributed by atoms with Gasteiger partial charge in [0, 0.05) is 6.42 Å². The molecule has 0 aliphatic carbocycles. The second-order valence-corrected chi connectivity index (χ2v) is 6.28. The monoisotopic (exact) mass is 387 g/mol. The molecule has 0 saturated heterocycles. The zero-order chi connectivity index (χ0) is 19.6. The predicted octanol–water partition coefficient (Wildman–Crippen LogP) is 3.35. The van der Waals surface area contributed by atoms with Crippen LogP contribution in [0.5, 0.6) is 5.75 Å². The van der Waals surface area contributed by atoms with E-state index in [0.29, 0.717) is 17.4 Å². The molecule has 27 heavy (non-hydrogen) atoms. The van der Waals surface area contributed by atoms with Crippen molar-refractivity contribution in [2.24, 2.45) is 0 Å². The van der Waals surface area contributed by atoms with E-state index in [-0.39, 0.29) is 18.7 Å². The Morgan fingerprint density at radius 2 is 1.93 bits per heavy atom. The smallest absolute Gasteiger partial charge is 0.328 e. The molecule has 5 nitrogen and oxygen atoms in total. The van der Waals surface area contributed by atoms with Crippen LogP contribution in [0.1, 0.15) is 11.1 Å². The molecule has 2 aromatic carbocycles. The Hall–Kier alpha value is -2.79. The zero-order valence-electron chi connectivity index (χ0n) is 15.1. The Morgan fingerprint density at radius 1 is 1.19 bits per heavy atom. The van der Waals surface area contributed by atoms with E-state index in [2.05, 4.69) is 11.9 Å². The number of hydrogen-bond acceptors (Lipinski definition) is 4. The first-order valence-electron chi connectivity index (χ1n) is 8.46. The minimum Gasteiger partial charge on any atom is -0.488 e. The van der Waals surface area contributed by atoms with E-state index in [1.54, 1.807) is 24.3 Å². The van der Waals surface area contributed by atoms with Gasteiger partial charge in [0.15, 0.2) is 0 Å². The van der Waals surface area contributed by atoms with Gasteiger partial charge in [-0.1, -0.05) is 60.7 Å². The highest BCUT2D eigenvalue weighted by Crippen LogP contribution is 2.26. The fourth-order valence-corrected chi connectivity index (χ4v) is 2.79. The average molecular weight is 388 g/mol. The number of hydrogen-bond donors (Lipinski definition) is 1. The molecule has 0 unspecified atom stereocenters. The number of nitrogens with one attached hydrogen (secondary N) is 1. The molecule has 0 bridgehead atoms. The highest BCUT2D eigenvalue weighted by atomic mass is 35.5. The Kier molecular flexibility index (Phi) is 7.89. The lowest BCUT2D eigenvalue weighted by Crippen LogP contribution is -2.43. The molecule has 0 spiro atoms. The summed E-state index contributed by atoms with van der Waals surface area (Å²) in [5, 5.41) is 3.16. The number of rotatable bonds is 9. The minimum atomic E-state index is -0.803. The Labute approximate surface area is 163 Å². The number of amides is 1. The molecule has 1 atom stereocenters. The normalized spacial score (nSPS) is 11.3. The van der Waals surface area contributed by atoms with Crippen LogP contribution in [0.3, 0.4) is 0 Å². The molecule has 1 N–H and O–H groups in total. The number of methoxy groups -OCH3 is 1. The predicted molar refractivity (Wildman–Crippen MR) is 105 cm³/mol. The summed E-state index contributed by atoms with van der Waals surface area (Å²) in [4.78, 5) is 24.4. The Morgan fingerprint density at radius 3 is 2.56 bits per heavy atom. The molecular weight excluding hydrogens is 366 g/mol.